The van der Waals surface area contributed by atoms with E-state index >= 15 is 0 Å². The molecule has 0 aromatic carbocycles. The molecular formula is C3H6BrNaO4S. The van der Waals surface area contributed by atoms with Crippen LogP contribution in [0.25, 0.3) is 0 Å². The average molecular weight is 241 g/mol. The average Bonchev–Trinajstić information content (AvgIpc) is 1.64. The minimum atomic E-state index is -4.26. The van der Waals surface area contributed by atoms with Crippen LogP contribution in [-0.4, -0.2) is 28.8 Å². The summed E-state index contributed by atoms with van der Waals surface area (Å²) in [5, 5.41) is 8.17. The van der Waals surface area contributed by atoms with E-state index in [4.69, 9.17) is 5.11 Å². The van der Waals surface area contributed by atoms with Gasteiger partial charge in [-0.25, -0.2) is 8.42 Å². The Morgan fingerprint density at radius 2 is 2.00 bits per heavy atom. The Labute approximate surface area is 90.2 Å². The van der Waals surface area contributed by atoms with Crippen LogP contribution in [-0.2, 0) is 10.1 Å². The molecule has 4 nitrogen and oxygen atoms in total. The van der Waals surface area contributed by atoms with Crippen molar-refractivity contribution in [2.45, 2.75) is 10.6 Å². The Balaban J connectivity index is 0. The van der Waals surface area contributed by atoms with Crippen LogP contribution in [0.2, 0.25) is 0 Å². The molecule has 0 fully saturated rings. The molecule has 0 saturated heterocycles. The zero-order valence-electron chi connectivity index (χ0n) is 5.45. The van der Waals surface area contributed by atoms with Crippen molar-refractivity contribution in [3.63, 3.8) is 0 Å². The van der Waals surface area contributed by atoms with Crippen molar-refractivity contribution in [3.05, 3.63) is 0 Å². The van der Waals surface area contributed by atoms with Gasteiger partial charge in [0, 0.05) is 6.61 Å². The molecule has 0 aromatic heterocycles. The van der Waals surface area contributed by atoms with Gasteiger partial charge in [-0.1, -0.05) is 15.9 Å². The Hall–Kier alpha value is 1.35. The minimum absolute atomic E-state index is 0. The SMILES string of the molecule is O=S(=O)([O-])C(Br)CCO.[Na+]. The molecule has 0 aliphatic heterocycles. The van der Waals surface area contributed by atoms with Crippen LogP contribution in [0.3, 0.4) is 0 Å². The molecule has 0 saturated carbocycles. The summed E-state index contributed by atoms with van der Waals surface area (Å²) in [7, 11) is -4.26. The van der Waals surface area contributed by atoms with Crippen LogP contribution >= 0.6 is 15.9 Å². The molecule has 0 amide bonds. The monoisotopic (exact) mass is 240 g/mol. The number of aliphatic hydroxyl groups is 1. The van der Waals surface area contributed by atoms with Crippen molar-refractivity contribution >= 4 is 26.0 Å². The minimum Gasteiger partial charge on any atom is -0.747 e. The first kappa shape index (κ1) is 13.9. The first-order chi connectivity index (χ1) is 3.98. The number of halogens is 1. The fourth-order valence-corrected chi connectivity index (χ4v) is 0.845. The van der Waals surface area contributed by atoms with Gasteiger partial charge in [0.2, 0.25) is 0 Å². The van der Waals surface area contributed by atoms with Crippen LogP contribution in [0.4, 0.5) is 0 Å². The summed E-state index contributed by atoms with van der Waals surface area (Å²) < 4.78 is 28.9. The maximum absolute atomic E-state index is 10.0. The van der Waals surface area contributed by atoms with Crippen LogP contribution in [0, 0.1) is 0 Å². The molecule has 0 bridgehead atoms. The van der Waals surface area contributed by atoms with Crippen molar-refractivity contribution in [1.82, 2.24) is 0 Å². The smallest absolute Gasteiger partial charge is 0.747 e. The fourth-order valence-electron chi connectivity index (χ4n) is 0.246. The summed E-state index contributed by atoms with van der Waals surface area (Å²) in [5.74, 6) is 0. The van der Waals surface area contributed by atoms with Crippen molar-refractivity contribution in [1.29, 1.82) is 0 Å². The third kappa shape index (κ3) is 6.09. The van der Waals surface area contributed by atoms with Crippen molar-refractivity contribution < 1.29 is 47.6 Å². The molecule has 10 heavy (non-hydrogen) atoms. The number of alkyl halides is 1. The molecule has 0 radical (unpaired) electrons. The van der Waals surface area contributed by atoms with Gasteiger partial charge in [0.15, 0.2) is 0 Å². The maximum Gasteiger partial charge on any atom is 1.00 e. The summed E-state index contributed by atoms with van der Waals surface area (Å²) >= 11 is 2.60. The fraction of sp³-hybridized carbons (Fsp3) is 1.00. The second kappa shape index (κ2) is 5.93. The van der Waals surface area contributed by atoms with Gasteiger partial charge in [-0.3, -0.25) is 0 Å². The Bertz CT molecular complexity index is 167. The summed E-state index contributed by atoms with van der Waals surface area (Å²) in [6.07, 6.45) is -0.0637. The number of hydrogen-bond donors (Lipinski definition) is 1. The third-order valence-electron chi connectivity index (χ3n) is 0.669. The van der Waals surface area contributed by atoms with Gasteiger partial charge in [-0.15, -0.1) is 0 Å². The summed E-state index contributed by atoms with van der Waals surface area (Å²) in [4.78, 5) is 0. The van der Waals surface area contributed by atoms with E-state index in [1.807, 2.05) is 0 Å². The van der Waals surface area contributed by atoms with E-state index in [1.54, 1.807) is 0 Å². The van der Waals surface area contributed by atoms with Gasteiger partial charge in [-0.2, -0.15) is 0 Å². The van der Waals surface area contributed by atoms with E-state index in [0.29, 0.717) is 0 Å². The van der Waals surface area contributed by atoms with Crippen LogP contribution in [0.15, 0.2) is 0 Å². The molecule has 56 valence electrons. The largest absolute Gasteiger partial charge is 1.00 e. The second-order valence-corrected chi connectivity index (χ2v) is 4.68. The van der Waals surface area contributed by atoms with Gasteiger partial charge < -0.3 is 9.66 Å². The van der Waals surface area contributed by atoms with Crippen molar-refractivity contribution in [2.75, 3.05) is 6.61 Å². The Morgan fingerprint density at radius 3 is 2.10 bits per heavy atom. The second-order valence-electron chi connectivity index (χ2n) is 1.42. The Kier molecular flexibility index (Phi) is 8.25. The molecule has 0 aliphatic rings. The predicted octanol–water partition coefficient (Wildman–Crippen LogP) is -3.36. The summed E-state index contributed by atoms with van der Waals surface area (Å²) in [6.45, 7) is -0.308. The zero-order valence-corrected chi connectivity index (χ0v) is 9.85. The van der Waals surface area contributed by atoms with Crippen LogP contribution in [0.5, 0.6) is 0 Å². The van der Waals surface area contributed by atoms with Gasteiger partial charge in [0.25, 0.3) is 0 Å². The molecule has 1 atom stereocenters. The van der Waals surface area contributed by atoms with E-state index in [-0.39, 0.29) is 42.6 Å². The number of hydrogen-bond acceptors (Lipinski definition) is 4. The Morgan fingerprint density at radius 1 is 1.60 bits per heavy atom. The predicted molar refractivity (Wildman–Crippen MR) is 34.1 cm³/mol. The quantitative estimate of drug-likeness (QED) is 0.318. The zero-order chi connectivity index (χ0) is 7.49. The van der Waals surface area contributed by atoms with Gasteiger partial charge in [0.1, 0.15) is 14.3 Å². The van der Waals surface area contributed by atoms with E-state index < -0.39 is 14.3 Å². The topological polar surface area (TPSA) is 77.4 Å². The summed E-state index contributed by atoms with van der Waals surface area (Å²) in [6, 6.07) is 0. The van der Waals surface area contributed by atoms with E-state index in [1.165, 1.54) is 0 Å². The molecule has 0 aliphatic carbocycles. The molecule has 0 aromatic rings. The number of aliphatic hydroxyl groups excluding tert-OH is 1. The molecule has 0 heterocycles. The molecule has 0 rings (SSSR count). The first-order valence-electron chi connectivity index (χ1n) is 2.18. The van der Waals surface area contributed by atoms with E-state index in [0.717, 1.165) is 0 Å². The van der Waals surface area contributed by atoms with Gasteiger partial charge >= 0.3 is 29.6 Å². The molecule has 7 heteroatoms. The van der Waals surface area contributed by atoms with Crippen LogP contribution < -0.4 is 29.6 Å². The normalized spacial score (nSPS) is 13.9. The maximum atomic E-state index is 10.0. The van der Waals surface area contributed by atoms with Gasteiger partial charge in [0.05, 0.1) is 0 Å². The van der Waals surface area contributed by atoms with Crippen LogP contribution in [0.1, 0.15) is 6.42 Å². The first-order valence-corrected chi connectivity index (χ1v) is 4.57. The molecule has 1 N–H and O–H groups in total. The van der Waals surface area contributed by atoms with Crippen molar-refractivity contribution in [2.24, 2.45) is 0 Å². The van der Waals surface area contributed by atoms with Crippen molar-refractivity contribution in [3.8, 4) is 0 Å². The standard InChI is InChI=1S/C3H7BrO4S.Na/c4-3(1-2-5)9(6,7)8;/h3,5H,1-2H2,(H,6,7,8);/q;+1/p-1. The third-order valence-corrected chi connectivity index (χ3v) is 3.36. The molecule has 1 unspecified atom stereocenters. The number of rotatable bonds is 3. The summed E-state index contributed by atoms with van der Waals surface area (Å²) in [5.41, 5.74) is 0. The molecule has 0 spiro atoms. The van der Waals surface area contributed by atoms with E-state index in [9.17, 15) is 13.0 Å². The van der Waals surface area contributed by atoms with Gasteiger partial charge in [-0.05, 0) is 6.42 Å². The molecular weight excluding hydrogens is 235 g/mol. The van der Waals surface area contributed by atoms with E-state index in [2.05, 4.69) is 15.9 Å².